The molecule has 1 heterocycles. The highest BCUT2D eigenvalue weighted by molar-refractivity contribution is 6.32. The molecule has 0 bridgehead atoms. The first-order chi connectivity index (χ1) is 14.5. The van der Waals surface area contributed by atoms with Crippen LogP contribution in [0.15, 0.2) is 84.1 Å². The van der Waals surface area contributed by atoms with E-state index in [-0.39, 0.29) is 16.8 Å². The van der Waals surface area contributed by atoms with E-state index < -0.39 is 5.91 Å². The van der Waals surface area contributed by atoms with Crippen LogP contribution in [-0.2, 0) is 0 Å². The third-order valence-electron chi connectivity index (χ3n) is 5.08. The quantitative estimate of drug-likeness (QED) is 0.338. The number of aromatic nitrogens is 1. The minimum Gasteiger partial charge on any atom is -0.506 e. The molecular weight excluding hydrogens is 398 g/mol. The van der Waals surface area contributed by atoms with Gasteiger partial charge in [-0.15, -0.1) is 0 Å². The molecule has 0 aliphatic carbocycles. The van der Waals surface area contributed by atoms with Crippen molar-refractivity contribution in [2.45, 2.75) is 13.0 Å². The summed E-state index contributed by atoms with van der Waals surface area (Å²) >= 11 is 5.85. The average Bonchev–Trinajstić information content (AvgIpc) is 3.20. The molecule has 0 fully saturated rings. The minimum atomic E-state index is -0.407. The summed E-state index contributed by atoms with van der Waals surface area (Å²) in [6.07, 6.45) is 3.69. The van der Waals surface area contributed by atoms with Gasteiger partial charge in [-0.25, -0.2) is 5.43 Å². The van der Waals surface area contributed by atoms with Gasteiger partial charge in [0.2, 0.25) is 0 Å². The number of carbonyl (C=O) groups excluding carboxylic acids is 1. The van der Waals surface area contributed by atoms with Crippen molar-refractivity contribution in [2.75, 3.05) is 0 Å². The van der Waals surface area contributed by atoms with E-state index in [2.05, 4.69) is 52.5 Å². The van der Waals surface area contributed by atoms with Gasteiger partial charge in [-0.2, -0.15) is 5.10 Å². The third kappa shape index (κ3) is 3.93. The van der Waals surface area contributed by atoms with Gasteiger partial charge >= 0.3 is 0 Å². The Labute approximate surface area is 179 Å². The molecule has 1 atom stereocenters. The summed E-state index contributed by atoms with van der Waals surface area (Å²) in [5, 5.41) is 14.7. The number of hydrazone groups is 1. The Morgan fingerprint density at radius 1 is 1.10 bits per heavy atom. The molecule has 150 valence electrons. The summed E-state index contributed by atoms with van der Waals surface area (Å²) in [5.74, 6) is -0.478. The number of carbonyl (C=O) groups is 1. The third-order valence-corrected chi connectivity index (χ3v) is 5.38. The number of phenols is 1. The Morgan fingerprint density at radius 2 is 1.90 bits per heavy atom. The first-order valence-electron chi connectivity index (χ1n) is 9.51. The van der Waals surface area contributed by atoms with E-state index in [1.165, 1.54) is 23.8 Å². The molecule has 5 nitrogen and oxygen atoms in total. The molecule has 1 aromatic heterocycles. The molecule has 3 aromatic carbocycles. The van der Waals surface area contributed by atoms with E-state index in [4.69, 9.17) is 11.6 Å². The van der Waals surface area contributed by atoms with Crippen molar-refractivity contribution in [3.05, 3.63) is 101 Å². The van der Waals surface area contributed by atoms with Crippen LogP contribution >= 0.6 is 11.6 Å². The van der Waals surface area contributed by atoms with Gasteiger partial charge in [-0.1, -0.05) is 54.1 Å². The number of nitrogens with zero attached hydrogens (tertiary/aromatic N) is 2. The minimum absolute atomic E-state index is 0.0716. The Morgan fingerprint density at radius 3 is 2.67 bits per heavy atom. The first-order valence-corrected chi connectivity index (χ1v) is 9.89. The molecule has 4 rings (SSSR count). The molecular formula is C24H20ClN3O2. The van der Waals surface area contributed by atoms with Crippen LogP contribution in [-0.4, -0.2) is 21.8 Å². The number of amides is 1. The molecule has 4 aromatic rings. The maximum absolute atomic E-state index is 12.2. The normalized spacial score (nSPS) is 12.3. The molecule has 6 heteroatoms. The van der Waals surface area contributed by atoms with Crippen LogP contribution in [0.1, 0.15) is 34.5 Å². The number of hydrogen-bond acceptors (Lipinski definition) is 3. The van der Waals surface area contributed by atoms with Gasteiger partial charge in [0, 0.05) is 28.2 Å². The highest BCUT2D eigenvalue weighted by atomic mass is 35.5. The van der Waals surface area contributed by atoms with E-state index in [0.29, 0.717) is 5.56 Å². The fourth-order valence-corrected chi connectivity index (χ4v) is 3.61. The highest BCUT2D eigenvalue weighted by Gasteiger charge is 2.12. The lowest BCUT2D eigenvalue weighted by molar-refractivity contribution is 0.0955. The van der Waals surface area contributed by atoms with Gasteiger partial charge in [-0.05, 0) is 42.8 Å². The number of halogens is 1. The molecule has 0 saturated carbocycles. The van der Waals surface area contributed by atoms with Crippen LogP contribution in [0.2, 0.25) is 5.02 Å². The maximum Gasteiger partial charge on any atom is 0.271 e. The number of benzene rings is 3. The molecule has 30 heavy (non-hydrogen) atoms. The zero-order valence-corrected chi connectivity index (χ0v) is 17.0. The Bertz CT molecular complexity index is 1230. The van der Waals surface area contributed by atoms with Crippen LogP contribution in [0.25, 0.3) is 10.9 Å². The fraction of sp³-hybridized carbons (Fsp3) is 0.0833. The van der Waals surface area contributed by atoms with Crippen LogP contribution in [0.4, 0.5) is 0 Å². The summed E-state index contributed by atoms with van der Waals surface area (Å²) in [4.78, 5) is 12.2. The van der Waals surface area contributed by atoms with Crippen molar-refractivity contribution in [3.8, 4) is 5.75 Å². The summed E-state index contributed by atoms with van der Waals surface area (Å²) in [6, 6.07) is 22.8. The molecule has 0 aliphatic heterocycles. The molecule has 0 aliphatic rings. The topological polar surface area (TPSA) is 66.6 Å². The van der Waals surface area contributed by atoms with Crippen LogP contribution in [0, 0.1) is 0 Å². The van der Waals surface area contributed by atoms with Crippen molar-refractivity contribution in [1.82, 2.24) is 9.99 Å². The predicted octanol–water partition coefficient (Wildman–Crippen LogP) is 5.37. The van der Waals surface area contributed by atoms with Crippen molar-refractivity contribution in [3.63, 3.8) is 0 Å². The van der Waals surface area contributed by atoms with Gasteiger partial charge in [0.15, 0.2) is 0 Å². The molecule has 1 amide bonds. The SMILES string of the molecule is CC(c1ccccc1)n1ccc2c(C=NNC(=O)c3ccc(O)c(Cl)c3)cccc21. The highest BCUT2D eigenvalue weighted by Crippen LogP contribution is 2.26. The number of nitrogens with one attached hydrogen (secondary N) is 1. The van der Waals surface area contributed by atoms with E-state index in [0.717, 1.165) is 16.5 Å². The number of phenolic OH excluding ortho intramolecular Hbond substituents is 1. The Hall–Kier alpha value is -3.57. The van der Waals surface area contributed by atoms with Gasteiger partial charge in [0.05, 0.1) is 17.3 Å². The molecule has 0 saturated heterocycles. The first kappa shape index (κ1) is 19.7. The maximum atomic E-state index is 12.2. The summed E-state index contributed by atoms with van der Waals surface area (Å²) in [7, 11) is 0. The van der Waals surface area contributed by atoms with Gasteiger partial charge in [0.25, 0.3) is 5.91 Å². The summed E-state index contributed by atoms with van der Waals surface area (Å²) < 4.78 is 2.22. The van der Waals surface area contributed by atoms with Gasteiger partial charge < -0.3 is 9.67 Å². The number of fused-ring (bicyclic) bond motifs is 1. The summed E-state index contributed by atoms with van der Waals surface area (Å²) in [6.45, 7) is 2.17. The van der Waals surface area contributed by atoms with E-state index in [1.54, 1.807) is 6.21 Å². The lowest BCUT2D eigenvalue weighted by Gasteiger charge is -2.16. The molecule has 0 spiro atoms. The second-order valence-electron chi connectivity index (χ2n) is 6.96. The van der Waals surface area contributed by atoms with Crippen LogP contribution in [0.5, 0.6) is 5.75 Å². The number of hydrogen-bond donors (Lipinski definition) is 2. The smallest absolute Gasteiger partial charge is 0.271 e. The second kappa shape index (κ2) is 8.43. The van der Waals surface area contributed by atoms with Crippen LogP contribution in [0.3, 0.4) is 0 Å². The fourth-order valence-electron chi connectivity index (χ4n) is 3.43. The molecule has 0 radical (unpaired) electrons. The van der Waals surface area contributed by atoms with Crippen molar-refractivity contribution in [2.24, 2.45) is 5.10 Å². The zero-order chi connectivity index (χ0) is 21.1. The predicted molar refractivity (Wildman–Crippen MR) is 120 cm³/mol. The van der Waals surface area contributed by atoms with E-state index in [9.17, 15) is 9.90 Å². The second-order valence-corrected chi connectivity index (χ2v) is 7.36. The monoisotopic (exact) mass is 417 g/mol. The standard InChI is InChI=1S/C24H20ClN3O2/c1-16(17-6-3-2-4-7-17)28-13-12-20-19(8-5-9-22(20)28)15-26-27-24(30)18-10-11-23(29)21(25)14-18/h2-16,29H,1H3,(H,27,30). The molecule has 1 unspecified atom stereocenters. The van der Waals surface area contributed by atoms with Crippen LogP contribution < -0.4 is 5.43 Å². The van der Waals surface area contributed by atoms with Crippen molar-refractivity contribution >= 4 is 34.6 Å². The van der Waals surface area contributed by atoms with E-state index >= 15 is 0 Å². The number of aromatic hydroxyl groups is 1. The lowest BCUT2D eigenvalue weighted by atomic mass is 10.1. The van der Waals surface area contributed by atoms with E-state index in [1.807, 2.05) is 30.3 Å². The van der Waals surface area contributed by atoms with Crippen molar-refractivity contribution in [1.29, 1.82) is 0 Å². The van der Waals surface area contributed by atoms with Gasteiger partial charge in [-0.3, -0.25) is 4.79 Å². The Kier molecular flexibility index (Phi) is 5.55. The van der Waals surface area contributed by atoms with Gasteiger partial charge in [0.1, 0.15) is 5.75 Å². The zero-order valence-electron chi connectivity index (χ0n) is 16.3. The molecule has 2 N–H and O–H groups in total. The largest absolute Gasteiger partial charge is 0.506 e. The van der Waals surface area contributed by atoms with Crippen molar-refractivity contribution < 1.29 is 9.90 Å². The Balaban J connectivity index is 1.55. The number of rotatable bonds is 5. The summed E-state index contributed by atoms with van der Waals surface area (Å²) in [5.41, 5.74) is 6.03. The lowest BCUT2D eigenvalue weighted by Crippen LogP contribution is -2.17. The average molecular weight is 418 g/mol.